The minimum atomic E-state index is -0.526. The molecular weight excluding hydrogens is 641 g/mol. The molecule has 1 fully saturated rings. The molecule has 0 amide bonds. The first-order chi connectivity index (χ1) is 24.7. The Labute approximate surface area is 299 Å². The zero-order valence-electron chi connectivity index (χ0n) is 28.2. The molecule has 0 radical (unpaired) electrons. The van der Waals surface area contributed by atoms with Crippen LogP contribution in [0.3, 0.4) is 0 Å². The summed E-state index contributed by atoms with van der Waals surface area (Å²) in [6.45, 7) is 3.68. The Morgan fingerprint density at radius 3 is 1.76 bits per heavy atom. The molecule has 1 saturated heterocycles. The van der Waals surface area contributed by atoms with Crippen LogP contribution in [0, 0.1) is 6.92 Å². The van der Waals surface area contributed by atoms with E-state index in [-0.39, 0.29) is 0 Å². The van der Waals surface area contributed by atoms with Crippen LogP contribution >= 0.6 is 11.8 Å². The van der Waals surface area contributed by atoms with E-state index in [1.54, 1.807) is 11.8 Å². The molecule has 1 heterocycles. The molecule has 0 N–H and O–H groups in total. The molecule has 7 rings (SSSR count). The highest BCUT2D eigenvalue weighted by atomic mass is 32.2. The summed E-state index contributed by atoms with van der Waals surface area (Å²) in [6.07, 6.45) is -1.95. The van der Waals surface area contributed by atoms with Gasteiger partial charge in [0.25, 0.3) is 0 Å². The monoisotopic (exact) mass is 682 g/mol. The second-order valence-corrected chi connectivity index (χ2v) is 13.7. The van der Waals surface area contributed by atoms with Crippen molar-refractivity contribution in [3.8, 4) is 5.75 Å². The molecule has 50 heavy (non-hydrogen) atoms. The zero-order chi connectivity index (χ0) is 34.0. The first-order valence-corrected chi connectivity index (χ1v) is 18.0. The fourth-order valence-electron chi connectivity index (χ4n) is 6.22. The van der Waals surface area contributed by atoms with Crippen molar-refractivity contribution in [1.82, 2.24) is 0 Å². The molecule has 5 nitrogen and oxygen atoms in total. The fraction of sp³-hybridized carbons (Fsp3) is 0.227. The molecule has 0 aromatic heterocycles. The second-order valence-electron chi connectivity index (χ2n) is 12.6. The molecule has 1 aliphatic heterocycles. The van der Waals surface area contributed by atoms with Gasteiger partial charge in [-0.15, -0.1) is 0 Å². The van der Waals surface area contributed by atoms with Crippen LogP contribution in [0.2, 0.25) is 0 Å². The summed E-state index contributed by atoms with van der Waals surface area (Å²) in [6, 6.07) is 53.7. The Balaban J connectivity index is 1.26. The normalized spacial score (nSPS) is 20.5. The van der Waals surface area contributed by atoms with Crippen molar-refractivity contribution in [3.63, 3.8) is 0 Å². The lowest BCUT2D eigenvalue weighted by Gasteiger charge is -2.46. The van der Waals surface area contributed by atoms with Gasteiger partial charge in [0.2, 0.25) is 0 Å². The van der Waals surface area contributed by atoms with Crippen LogP contribution in [-0.4, -0.2) is 36.5 Å². The van der Waals surface area contributed by atoms with Gasteiger partial charge in [0.15, 0.2) is 6.10 Å². The number of fused-ring (bicyclic) bond motifs is 1. The summed E-state index contributed by atoms with van der Waals surface area (Å²) in [5, 5.41) is 2.14. The topological polar surface area (TPSA) is 46.2 Å². The van der Waals surface area contributed by atoms with Crippen LogP contribution in [0.15, 0.2) is 163 Å². The minimum Gasteiger partial charge on any atom is -0.483 e. The van der Waals surface area contributed by atoms with Crippen LogP contribution < -0.4 is 4.74 Å². The molecule has 5 atom stereocenters. The number of hydrogen-bond acceptors (Lipinski definition) is 6. The molecular formula is C44H42O5S. The fourth-order valence-corrected chi connectivity index (χ4v) is 7.32. The largest absolute Gasteiger partial charge is 0.483 e. The van der Waals surface area contributed by atoms with Gasteiger partial charge in [-0.3, -0.25) is 0 Å². The second kappa shape index (κ2) is 17.0. The van der Waals surface area contributed by atoms with E-state index in [2.05, 4.69) is 85.8 Å². The highest BCUT2D eigenvalue weighted by molar-refractivity contribution is 7.99. The average Bonchev–Trinajstić information content (AvgIpc) is 3.17. The van der Waals surface area contributed by atoms with Gasteiger partial charge in [-0.2, -0.15) is 0 Å². The third-order valence-electron chi connectivity index (χ3n) is 8.84. The Morgan fingerprint density at radius 2 is 1.10 bits per heavy atom. The Bertz CT molecular complexity index is 1900. The Kier molecular flexibility index (Phi) is 11.6. The Hall–Kier alpha value is -4.43. The third-order valence-corrected chi connectivity index (χ3v) is 10.00. The standard InChI is InChI=1S/C44H42O5S/c1-32-24-26-37(27-25-32)50-44-43(48-39-23-13-21-36-20-11-12-22-38(36)39)42(47-30-35-18-9-4-10-19-35)41(46-29-34-16-7-3-8-17-34)40(49-44)31-45-28-33-14-5-2-6-15-33/h2-27,40-44H,28-31H2,1H3/t40-,41-,42+,43-,44+/m1/s1. The number of thioether (sulfide) groups is 1. The van der Waals surface area contributed by atoms with Crippen LogP contribution in [0.1, 0.15) is 22.3 Å². The van der Waals surface area contributed by atoms with E-state index >= 15 is 0 Å². The summed E-state index contributed by atoms with van der Waals surface area (Å²) in [4.78, 5) is 1.08. The molecule has 6 aromatic carbocycles. The van der Waals surface area contributed by atoms with Gasteiger partial charge in [-0.25, -0.2) is 0 Å². The maximum atomic E-state index is 7.09. The van der Waals surface area contributed by atoms with Crippen LogP contribution in [0.5, 0.6) is 5.75 Å². The molecule has 6 aromatic rings. The van der Waals surface area contributed by atoms with Crippen molar-refractivity contribution in [3.05, 3.63) is 180 Å². The number of ether oxygens (including phenoxy) is 5. The number of hydrogen-bond donors (Lipinski definition) is 0. The third kappa shape index (κ3) is 8.83. The molecule has 0 spiro atoms. The first-order valence-electron chi connectivity index (χ1n) is 17.2. The molecule has 254 valence electrons. The molecule has 1 aliphatic rings. The summed E-state index contributed by atoms with van der Waals surface area (Å²) in [5.74, 6) is 0.778. The average molecular weight is 683 g/mol. The molecule has 0 unspecified atom stereocenters. The molecule has 0 aliphatic carbocycles. The van der Waals surface area contributed by atoms with Gasteiger partial charge < -0.3 is 23.7 Å². The van der Waals surface area contributed by atoms with Gasteiger partial charge in [-0.1, -0.05) is 157 Å². The van der Waals surface area contributed by atoms with E-state index < -0.39 is 29.9 Å². The number of rotatable bonds is 14. The molecule has 0 saturated carbocycles. The molecule has 0 bridgehead atoms. The summed E-state index contributed by atoms with van der Waals surface area (Å²) in [5.41, 5.74) is 4.02. The summed E-state index contributed by atoms with van der Waals surface area (Å²) >= 11 is 1.64. The van der Waals surface area contributed by atoms with E-state index in [1.165, 1.54) is 5.56 Å². The summed E-state index contributed by atoms with van der Waals surface area (Å²) < 4.78 is 34.3. The predicted octanol–water partition coefficient (Wildman–Crippen LogP) is 9.80. The number of benzene rings is 6. The van der Waals surface area contributed by atoms with Gasteiger partial charge >= 0.3 is 0 Å². The smallest absolute Gasteiger partial charge is 0.163 e. The molecule has 6 heteroatoms. The summed E-state index contributed by atoms with van der Waals surface area (Å²) in [7, 11) is 0. The van der Waals surface area contributed by atoms with Gasteiger partial charge in [-0.05, 0) is 47.2 Å². The van der Waals surface area contributed by atoms with E-state index in [0.717, 1.165) is 38.1 Å². The highest BCUT2D eigenvalue weighted by Crippen LogP contribution is 2.40. The highest BCUT2D eigenvalue weighted by Gasteiger charge is 2.49. The van der Waals surface area contributed by atoms with Crippen LogP contribution in [0.4, 0.5) is 0 Å². The van der Waals surface area contributed by atoms with Crippen molar-refractivity contribution in [1.29, 1.82) is 0 Å². The first kappa shape index (κ1) is 34.0. The van der Waals surface area contributed by atoms with E-state index in [4.69, 9.17) is 23.7 Å². The minimum absolute atomic E-state index is 0.325. The van der Waals surface area contributed by atoms with Gasteiger partial charge in [0.05, 0.1) is 26.4 Å². The van der Waals surface area contributed by atoms with E-state index in [0.29, 0.717) is 26.4 Å². The van der Waals surface area contributed by atoms with Gasteiger partial charge in [0, 0.05) is 10.3 Å². The maximum absolute atomic E-state index is 7.09. The lowest BCUT2D eigenvalue weighted by Crippen LogP contribution is -2.61. The van der Waals surface area contributed by atoms with E-state index in [9.17, 15) is 0 Å². The van der Waals surface area contributed by atoms with Gasteiger partial charge in [0.1, 0.15) is 29.5 Å². The van der Waals surface area contributed by atoms with Crippen LogP contribution in [-0.2, 0) is 38.8 Å². The SMILES string of the molecule is Cc1ccc(S[C@@H]2O[C@H](COCc3ccccc3)[C@@H](OCc3ccccc3)[C@H](OCc3ccccc3)[C@H]2Oc2cccc3ccccc23)cc1. The number of aryl methyl sites for hydroxylation is 1. The van der Waals surface area contributed by atoms with Crippen LogP contribution in [0.25, 0.3) is 10.8 Å². The van der Waals surface area contributed by atoms with Crippen molar-refractivity contribution in [2.24, 2.45) is 0 Å². The van der Waals surface area contributed by atoms with E-state index in [1.807, 2.05) is 78.9 Å². The lowest BCUT2D eigenvalue weighted by molar-refractivity contribution is -0.237. The van der Waals surface area contributed by atoms with Crippen molar-refractivity contribution in [2.75, 3.05) is 6.61 Å². The Morgan fingerprint density at radius 1 is 0.540 bits per heavy atom. The lowest BCUT2D eigenvalue weighted by atomic mass is 9.98. The van der Waals surface area contributed by atoms with Crippen molar-refractivity contribution in [2.45, 2.75) is 61.5 Å². The van der Waals surface area contributed by atoms with Crippen molar-refractivity contribution < 1.29 is 23.7 Å². The van der Waals surface area contributed by atoms with Crippen molar-refractivity contribution >= 4 is 22.5 Å². The quantitative estimate of drug-likeness (QED) is 0.114. The predicted molar refractivity (Wildman–Crippen MR) is 200 cm³/mol. The zero-order valence-corrected chi connectivity index (χ0v) is 29.0. The maximum Gasteiger partial charge on any atom is 0.163 e.